The molecule has 30 heavy (non-hydrogen) atoms. The van der Waals surface area contributed by atoms with Crippen LogP contribution >= 0.6 is 11.3 Å². The maximum atomic E-state index is 13.1. The molecule has 0 atom stereocenters. The lowest BCUT2D eigenvalue weighted by molar-refractivity contribution is -0.136. The number of benzene rings is 1. The van der Waals surface area contributed by atoms with E-state index < -0.39 is 5.97 Å². The van der Waals surface area contributed by atoms with Gasteiger partial charge < -0.3 is 9.64 Å². The van der Waals surface area contributed by atoms with Crippen LogP contribution in [0.4, 0.5) is 0 Å². The van der Waals surface area contributed by atoms with E-state index in [1.54, 1.807) is 13.0 Å². The van der Waals surface area contributed by atoms with Crippen molar-refractivity contribution in [3.8, 4) is 0 Å². The molecule has 1 aliphatic rings. The van der Waals surface area contributed by atoms with Crippen molar-refractivity contribution in [2.45, 2.75) is 40.2 Å². The predicted octanol–water partition coefficient (Wildman–Crippen LogP) is 1.65. The minimum Gasteiger partial charge on any atom is -0.463 e. The lowest BCUT2D eigenvalue weighted by Gasteiger charge is -2.30. The Morgan fingerprint density at radius 3 is 2.50 bits per heavy atom. The van der Waals surface area contributed by atoms with E-state index in [1.807, 2.05) is 36.1 Å². The monoisotopic (exact) mass is 428 g/mol. The Hall–Kier alpha value is -2.67. The van der Waals surface area contributed by atoms with Crippen LogP contribution in [0.2, 0.25) is 0 Å². The molecule has 0 unspecified atom stereocenters. The Balaban J connectivity index is 1.98. The highest BCUT2D eigenvalue weighted by Crippen LogP contribution is 2.16. The fraction of sp³-hybridized carbons (Fsp3) is 0.435. The number of hydrogen-bond acceptors (Lipinski definition) is 5. The maximum absolute atomic E-state index is 13.1. The average molecular weight is 429 g/mol. The number of hydrogen-bond donors (Lipinski definition) is 0. The third kappa shape index (κ3) is 5.48. The topological polar surface area (TPSA) is 68.6 Å². The van der Waals surface area contributed by atoms with Gasteiger partial charge in [0.2, 0.25) is 5.91 Å². The van der Waals surface area contributed by atoms with E-state index in [1.165, 1.54) is 22.0 Å². The number of carbonyl (C=O) groups excluding carboxylic acids is 2. The zero-order valence-corrected chi connectivity index (χ0v) is 18.5. The van der Waals surface area contributed by atoms with Crippen LogP contribution in [0.1, 0.15) is 37.8 Å². The summed E-state index contributed by atoms with van der Waals surface area (Å²) in [5, 5.41) is 0. The summed E-state index contributed by atoms with van der Waals surface area (Å²) in [6.07, 6.45) is 5.03. The average Bonchev–Trinajstić information content (AvgIpc) is 2.99. The van der Waals surface area contributed by atoms with Crippen molar-refractivity contribution < 1.29 is 14.3 Å². The van der Waals surface area contributed by atoms with Crippen LogP contribution in [-0.4, -0.2) is 41.0 Å². The van der Waals surface area contributed by atoms with Crippen molar-refractivity contribution in [2.24, 2.45) is 5.92 Å². The summed E-state index contributed by atoms with van der Waals surface area (Å²) in [6, 6.07) is 7.83. The first-order valence-electron chi connectivity index (χ1n) is 10.3. The highest BCUT2D eigenvalue weighted by Gasteiger charge is 2.21. The Kier molecular flexibility index (Phi) is 7.26. The number of piperidine rings is 1. The van der Waals surface area contributed by atoms with E-state index in [2.05, 4.69) is 6.92 Å². The van der Waals surface area contributed by atoms with Crippen LogP contribution in [0.25, 0.3) is 12.2 Å². The summed E-state index contributed by atoms with van der Waals surface area (Å²) in [6.45, 7) is 7.50. The predicted molar refractivity (Wildman–Crippen MR) is 119 cm³/mol. The molecule has 0 saturated carbocycles. The summed E-state index contributed by atoms with van der Waals surface area (Å²) >= 11 is 1.20. The van der Waals surface area contributed by atoms with Gasteiger partial charge in [0, 0.05) is 13.1 Å². The van der Waals surface area contributed by atoms with Crippen molar-refractivity contribution >= 4 is 35.4 Å². The van der Waals surface area contributed by atoms with Crippen molar-refractivity contribution in [3.63, 3.8) is 0 Å². The molecule has 0 spiro atoms. The molecule has 2 heterocycles. The van der Waals surface area contributed by atoms with Gasteiger partial charge in [-0.05, 0) is 44.2 Å². The minimum atomic E-state index is -0.520. The molecule has 6 nitrogen and oxygen atoms in total. The molecule has 0 bridgehead atoms. The molecule has 1 amide bonds. The van der Waals surface area contributed by atoms with Gasteiger partial charge in [0.1, 0.15) is 11.2 Å². The molecule has 1 aromatic heterocycles. The smallest absolute Gasteiger partial charge is 0.333 e. The van der Waals surface area contributed by atoms with Gasteiger partial charge in [-0.3, -0.25) is 14.2 Å². The molecule has 1 aromatic carbocycles. The number of aromatic nitrogens is 1. The van der Waals surface area contributed by atoms with Crippen molar-refractivity contribution in [1.82, 2.24) is 9.47 Å². The second-order valence-corrected chi connectivity index (χ2v) is 8.77. The van der Waals surface area contributed by atoms with Crippen LogP contribution < -0.4 is 14.8 Å². The molecule has 1 saturated heterocycles. The van der Waals surface area contributed by atoms with Gasteiger partial charge in [-0.25, -0.2) is 4.79 Å². The summed E-state index contributed by atoms with van der Waals surface area (Å²) in [5.74, 6) is -0.00262. The second kappa shape index (κ2) is 9.89. The fourth-order valence-electron chi connectivity index (χ4n) is 3.38. The Morgan fingerprint density at radius 2 is 1.87 bits per heavy atom. The quantitative estimate of drug-likeness (QED) is 0.679. The van der Waals surface area contributed by atoms with Crippen LogP contribution in [0, 0.1) is 12.8 Å². The number of nitrogens with zero attached hydrogens (tertiary/aromatic N) is 2. The van der Waals surface area contributed by atoms with Gasteiger partial charge in [0.25, 0.3) is 5.56 Å². The normalized spacial score (nSPS) is 16.2. The molecule has 0 radical (unpaired) electrons. The van der Waals surface area contributed by atoms with E-state index >= 15 is 0 Å². The number of thiazole rings is 1. The third-order valence-corrected chi connectivity index (χ3v) is 6.33. The number of rotatable bonds is 5. The molecule has 160 valence electrons. The van der Waals surface area contributed by atoms with Crippen LogP contribution in [0.3, 0.4) is 0 Å². The van der Waals surface area contributed by atoms with Gasteiger partial charge in [0.15, 0.2) is 0 Å². The first-order valence-corrected chi connectivity index (χ1v) is 11.1. The zero-order valence-electron chi connectivity index (χ0n) is 17.7. The van der Waals surface area contributed by atoms with E-state index in [9.17, 15) is 14.4 Å². The molecule has 1 fully saturated rings. The van der Waals surface area contributed by atoms with E-state index in [0.717, 1.165) is 24.0 Å². The molecule has 3 rings (SSSR count). The number of likely N-dealkylation sites (tertiary alicyclic amines) is 1. The zero-order chi connectivity index (χ0) is 21.7. The summed E-state index contributed by atoms with van der Waals surface area (Å²) < 4.78 is 7.30. The lowest BCUT2D eigenvalue weighted by Crippen LogP contribution is -2.43. The highest BCUT2D eigenvalue weighted by atomic mass is 32.1. The molecule has 0 aliphatic carbocycles. The van der Waals surface area contributed by atoms with Gasteiger partial charge in [0.05, 0.1) is 17.2 Å². The Bertz CT molecular complexity index is 1070. The minimum absolute atomic E-state index is 0.0727. The fourth-order valence-corrected chi connectivity index (χ4v) is 4.42. The molecular weight excluding hydrogens is 400 g/mol. The summed E-state index contributed by atoms with van der Waals surface area (Å²) in [4.78, 5) is 39.7. The summed E-state index contributed by atoms with van der Waals surface area (Å²) in [7, 11) is 0. The van der Waals surface area contributed by atoms with Gasteiger partial charge >= 0.3 is 5.97 Å². The van der Waals surface area contributed by atoms with Crippen LogP contribution in [0.15, 0.2) is 29.1 Å². The third-order valence-electron chi connectivity index (χ3n) is 5.27. The number of esters is 1. The molecule has 1 aliphatic heterocycles. The van der Waals surface area contributed by atoms with Crippen LogP contribution in [0.5, 0.6) is 0 Å². The molecule has 2 aromatic rings. The first kappa shape index (κ1) is 22.0. The van der Waals surface area contributed by atoms with E-state index in [-0.39, 0.29) is 24.6 Å². The Labute approximate surface area is 180 Å². The number of carbonyl (C=O) groups is 2. The van der Waals surface area contributed by atoms with Crippen molar-refractivity contribution in [1.29, 1.82) is 0 Å². The largest absolute Gasteiger partial charge is 0.463 e. The molecular formula is C23H28N2O4S. The number of ether oxygens (including phenoxy) is 1. The summed E-state index contributed by atoms with van der Waals surface area (Å²) in [5.41, 5.74) is 1.76. The van der Waals surface area contributed by atoms with Crippen LogP contribution in [-0.2, 0) is 20.9 Å². The molecule has 0 N–H and O–H groups in total. The van der Waals surface area contributed by atoms with E-state index in [0.29, 0.717) is 28.2 Å². The van der Waals surface area contributed by atoms with E-state index in [4.69, 9.17) is 4.74 Å². The SMILES string of the molecule is CCOC(=O)C=c1sc(=Cc2ccc(C)cc2)c(=O)n1CC(=O)N1CCC(C)CC1. The first-order chi connectivity index (χ1) is 14.4. The molecule has 7 heteroatoms. The lowest BCUT2D eigenvalue weighted by atomic mass is 9.99. The Morgan fingerprint density at radius 1 is 1.20 bits per heavy atom. The maximum Gasteiger partial charge on any atom is 0.333 e. The van der Waals surface area contributed by atoms with Crippen molar-refractivity contribution in [3.05, 3.63) is 54.9 Å². The standard InChI is InChI=1S/C23H28N2O4S/c1-4-29-22(27)14-21-25(15-20(26)24-11-9-17(3)10-12-24)23(28)19(30-21)13-18-7-5-16(2)6-8-18/h5-8,13-14,17H,4,9-12,15H2,1-3H3. The van der Waals surface area contributed by atoms with Gasteiger partial charge in [-0.2, -0.15) is 0 Å². The van der Waals surface area contributed by atoms with Crippen molar-refractivity contribution in [2.75, 3.05) is 19.7 Å². The number of amides is 1. The highest BCUT2D eigenvalue weighted by molar-refractivity contribution is 7.07. The van der Waals surface area contributed by atoms with Gasteiger partial charge in [-0.1, -0.05) is 36.8 Å². The second-order valence-electron chi connectivity index (χ2n) is 7.71. The number of aryl methyl sites for hydroxylation is 1. The van der Waals surface area contributed by atoms with Gasteiger partial charge in [-0.15, -0.1) is 11.3 Å².